The van der Waals surface area contributed by atoms with Crippen LogP contribution in [-0.2, 0) is 0 Å². The van der Waals surface area contributed by atoms with Gasteiger partial charge in [-0.25, -0.2) is 0 Å². The summed E-state index contributed by atoms with van der Waals surface area (Å²) in [6.07, 6.45) is 0. The second-order valence-corrected chi connectivity index (χ2v) is 13.1. The molecule has 3 aromatic heterocycles. The van der Waals surface area contributed by atoms with Crippen molar-refractivity contribution in [2.75, 3.05) is 0 Å². The first-order valence-corrected chi connectivity index (χ1v) is 15.8. The number of hydrogen-bond acceptors (Lipinski definition) is 2. The molecule has 42 heavy (non-hydrogen) atoms. The maximum atomic E-state index is 2.50. The van der Waals surface area contributed by atoms with Gasteiger partial charge in [0.15, 0.2) is 0 Å². The van der Waals surface area contributed by atoms with Crippen LogP contribution in [0.3, 0.4) is 0 Å². The first kappa shape index (κ1) is 22.9. The van der Waals surface area contributed by atoms with Crippen molar-refractivity contribution in [3.05, 3.63) is 133 Å². The van der Waals surface area contributed by atoms with Crippen LogP contribution in [-0.4, -0.2) is 9.13 Å². The van der Waals surface area contributed by atoms with E-state index in [1.807, 2.05) is 23.1 Å². The minimum atomic E-state index is 1.17. The van der Waals surface area contributed by atoms with Gasteiger partial charge in [0, 0.05) is 51.8 Å². The van der Waals surface area contributed by atoms with Crippen LogP contribution >= 0.6 is 23.1 Å². The van der Waals surface area contributed by atoms with Gasteiger partial charge in [0.05, 0.1) is 16.7 Å². The third-order valence-electron chi connectivity index (χ3n) is 8.72. The van der Waals surface area contributed by atoms with Crippen LogP contribution in [0.2, 0.25) is 0 Å². The molecule has 0 unspecified atom stereocenters. The molecule has 0 fully saturated rings. The van der Waals surface area contributed by atoms with Crippen LogP contribution in [0.5, 0.6) is 0 Å². The van der Waals surface area contributed by atoms with E-state index < -0.39 is 0 Å². The minimum absolute atomic E-state index is 1.17. The van der Waals surface area contributed by atoms with E-state index in [1.165, 1.54) is 85.3 Å². The molecule has 10 rings (SSSR count). The Kier molecular flexibility index (Phi) is 4.57. The Hall–Kier alpha value is -4.77. The Morgan fingerprint density at radius 1 is 0.476 bits per heavy atom. The van der Waals surface area contributed by atoms with Crippen LogP contribution in [0.15, 0.2) is 143 Å². The maximum absolute atomic E-state index is 2.50. The monoisotopic (exact) mass is 570 g/mol. The predicted octanol–water partition coefficient (Wildman–Crippen LogP) is 11.2. The van der Waals surface area contributed by atoms with E-state index in [2.05, 4.69) is 143 Å². The number of aromatic nitrogens is 2. The second-order valence-electron chi connectivity index (χ2n) is 11.0. The van der Waals surface area contributed by atoms with Crippen LogP contribution < -0.4 is 0 Å². The van der Waals surface area contributed by atoms with E-state index in [4.69, 9.17) is 0 Å². The van der Waals surface area contributed by atoms with Crippen molar-refractivity contribution in [1.82, 2.24) is 9.13 Å². The third kappa shape index (κ3) is 3.00. The summed E-state index contributed by atoms with van der Waals surface area (Å²) in [5.74, 6) is 0. The molecule has 196 valence electrons. The lowest BCUT2D eigenvalue weighted by Crippen LogP contribution is -2.05. The molecule has 0 amide bonds. The molecule has 0 saturated heterocycles. The van der Waals surface area contributed by atoms with Crippen LogP contribution in [0, 0.1) is 0 Å². The first-order valence-electron chi connectivity index (χ1n) is 14.2. The van der Waals surface area contributed by atoms with Gasteiger partial charge in [-0.3, -0.25) is 9.13 Å². The fraction of sp³-hybridized carbons (Fsp3) is 0. The fourth-order valence-electron chi connectivity index (χ4n) is 6.90. The second kappa shape index (κ2) is 8.39. The molecule has 1 aliphatic heterocycles. The Morgan fingerprint density at radius 2 is 1.19 bits per heavy atom. The highest BCUT2D eigenvalue weighted by Gasteiger charge is 2.27. The Labute approximate surface area is 250 Å². The zero-order valence-corrected chi connectivity index (χ0v) is 24.0. The number of para-hydroxylation sites is 3. The number of thiophene rings is 1. The number of hydrogen-bond donors (Lipinski definition) is 0. The summed E-state index contributed by atoms with van der Waals surface area (Å²) in [4.78, 5) is 2.60. The molecule has 0 N–H and O–H groups in total. The Morgan fingerprint density at radius 3 is 2.12 bits per heavy atom. The lowest BCUT2D eigenvalue weighted by molar-refractivity contribution is 1.03. The molecule has 6 aromatic carbocycles. The first-order chi connectivity index (χ1) is 20.8. The number of benzene rings is 6. The number of fused-ring (bicyclic) bond motifs is 10. The molecule has 1 aliphatic rings. The number of nitrogens with zero attached hydrogens (tertiary/aromatic N) is 2. The molecule has 0 aliphatic carbocycles. The van der Waals surface area contributed by atoms with Gasteiger partial charge in [-0.1, -0.05) is 90.6 Å². The highest BCUT2D eigenvalue weighted by molar-refractivity contribution is 7.99. The van der Waals surface area contributed by atoms with Gasteiger partial charge in [0.1, 0.15) is 5.65 Å². The lowest BCUT2D eigenvalue weighted by atomic mass is 10.0. The molecule has 0 bridgehead atoms. The van der Waals surface area contributed by atoms with Gasteiger partial charge in [0.2, 0.25) is 0 Å². The smallest absolute Gasteiger partial charge is 0.131 e. The van der Waals surface area contributed by atoms with Crippen LogP contribution in [0.4, 0.5) is 0 Å². The van der Waals surface area contributed by atoms with E-state index in [-0.39, 0.29) is 0 Å². The molecule has 4 heteroatoms. The largest absolute Gasteiger partial charge is 0.295 e. The summed E-state index contributed by atoms with van der Waals surface area (Å²) in [6.45, 7) is 0. The van der Waals surface area contributed by atoms with Crippen molar-refractivity contribution in [2.24, 2.45) is 0 Å². The van der Waals surface area contributed by atoms with E-state index in [9.17, 15) is 0 Å². The summed E-state index contributed by atoms with van der Waals surface area (Å²) in [7, 11) is 0. The third-order valence-corrected chi connectivity index (χ3v) is 11.0. The van der Waals surface area contributed by atoms with Crippen molar-refractivity contribution in [1.29, 1.82) is 0 Å². The minimum Gasteiger partial charge on any atom is -0.295 e. The molecule has 0 spiro atoms. The van der Waals surface area contributed by atoms with Gasteiger partial charge in [0.25, 0.3) is 0 Å². The molecule has 0 radical (unpaired) electrons. The highest BCUT2D eigenvalue weighted by Crippen LogP contribution is 2.49. The molecule has 2 nitrogen and oxygen atoms in total. The van der Waals surface area contributed by atoms with Crippen LogP contribution in [0.25, 0.3) is 75.5 Å². The Bertz CT molecular complexity index is 2540. The van der Waals surface area contributed by atoms with Gasteiger partial charge in [-0.05, 0) is 65.7 Å². The van der Waals surface area contributed by atoms with Crippen molar-refractivity contribution in [3.8, 4) is 22.5 Å². The lowest BCUT2D eigenvalue weighted by Gasteiger charge is -2.21. The summed E-state index contributed by atoms with van der Waals surface area (Å²) in [5.41, 5.74) is 8.66. The summed E-state index contributed by atoms with van der Waals surface area (Å²) >= 11 is 3.74. The average Bonchev–Trinajstić information content (AvgIpc) is 3.70. The summed E-state index contributed by atoms with van der Waals surface area (Å²) < 4.78 is 7.63. The molecular weight excluding hydrogens is 549 g/mol. The molecule has 0 saturated carbocycles. The van der Waals surface area contributed by atoms with E-state index in [1.54, 1.807) is 0 Å². The maximum Gasteiger partial charge on any atom is 0.131 e. The highest BCUT2D eigenvalue weighted by atomic mass is 32.2. The zero-order chi connectivity index (χ0) is 27.4. The Balaban J connectivity index is 1.22. The zero-order valence-electron chi connectivity index (χ0n) is 22.4. The van der Waals surface area contributed by atoms with Crippen molar-refractivity contribution < 1.29 is 0 Å². The summed E-state index contributed by atoms with van der Waals surface area (Å²) in [6, 6.07) is 49.1. The SMILES string of the molecule is c1ccc2c(c1)Sc1cccc3c4c5ccccc5n(-c5ccc(-c6ccc7sc8ccccc8c7c6)cc5)c4n-2c13. The van der Waals surface area contributed by atoms with Gasteiger partial charge in [-0.15, -0.1) is 11.3 Å². The molecular formula is C38H22N2S2. The van der Waals surface area contributed by atoms with Gasteiger partial charge >= 0.3 is 0 Å². The van der Waals surface area contributed by atoms with Crippen molar-refractivity contribution in [2.45, 2.75) is 9.79 Å². The molecule has 4 heterocycles. The quantitative estimate of drug-likeness (QED) is 0.201. The predicted molar refractivity (Wildman–Crippen MR) is 180 cm³/mol. The molecule has 0 atom stereocenters. The average molecular weight is 571 g/mol. The van der Waals surface area contributed by atoms with Crippen molar-refractivity contribution >= 4 is 76.1 Å². The van der Waals surface area contributed by atoms with Crippen molar-refractivity contribution in [3.63, 3.8) is 0 Å². The fourth-order valence-corrected chi connectivity index (χ4v) is 9.08. The van der Waals surface area contributed by atoms with E-state index in [0.29, 0.717) is 0 Å². The summed E-state index contributed by atoms with van der Waals surface area (Å²) in [5, 5.41) is 6.59. The van der Waals surface area contributed by atoms with E-state index in [0.717, 1.165) is 0 Å². The van der Waals surface area contributed by atoms with E-state index >= 15 is 0 Å². The van der Waals surface area contributed by atoms with Gasteiger partial charge in [-0.2, -0.15) is 0 Å². The van der Waals surface area contributed by atoms with Crippen LogP contribution in [0.1, 0.15) is 0 Å². The topological polar surface area (TPSA) is 9.86 Å². The van der Waals surface area contributed by atoms with Gasteiger partial charge < -0.3 is 0 Å². The standard InChI is InChI=1S/C38H22N2S2/c1-3-11-30-27(9-1)36-28-10-7-15-35-37(28)40(31-12-4-6-14-34(31)42-35)38(36)39(30)25-19-16-23(17-20-25)24-18-21-33-29(22-24)26-8-2-5-13-32(26)41-33/h1-22H. The molecule has 9 aromatic rings. The normalized spacial score (nSPS) is 12.7. The number of rotatable bonds is 2.